The van der Waals surface area contributed by atoms with Crippen molar-refractivity contribution >= 4 is 5.97 Å². The van der Waals surface area contributed by atoms with Crippen molar-refractivity contribution in [3.05, 3.63) is 0 Å². The zero-order valence-corrected chi connectivity index (χ0v) is 10.1. The number of aliphatic hydroxyl groups is 1. The maximum atomic E-state index is 11.0. The number of nitrogens with one attached hydrogen (secondary N) is 1. The van der Waals surface area contributed by atoms with Gasteiger partial charge in [0.2, 0.25) is 0 Å². The number of aliphatic carboxylic acids is 1. The standard InChI is InChI=1S/C11H23NO3/c1-5-11(4,6-7-13)12-9(8(2)3)10(14)15/h8-9,12-13H,5-7H2,1-4H3,(H,14,15). The van der Waals surface area contributed by atoms with Gasteiger partial charge >= 0.3 is 5.97 Å². The van der Waals surface area contributed by atoms with E-state index in [-0.39, 0.29) is 18.1 Å². The first kappa shape index (κ1) is 14.4. The van der Waals surface area contributed by atoms with E-state index in [4.69, 9.17) is 10.2 Å². The van der Waals surface area contributed by atoms with Crippen LogP contribution in [0.1, 0.15) is 40.5 Å². The predicted molar refractivity (Wildman–Crippen MR) is 59.8 cm³/mol. The van der Waals surface area contributed by atoms with Crippen LogP contribution in [0, 0.1) is 5.92 Å². The second-order valence-corrected chi connectivity index (χ2v) is 4.59. The minimum atomic E-state index is -0.831. The molecule has 4 nitrogen and oxygen atoms in total. The van der Waals surface area contributed by atoms with Crippen LogP contribution >= 0.6 is 0 Å². The van der Waals surface area contributed by atoms with Gasteiger partial charge in [-0.25, -0.2) is 0 Å². The van der Waals surface area contributed by atoms with Crippen LogP contribution in [0.4, 0.5) is 0 Å². The molecule has 0 fully saturated rings. The highest BCUT2D eigenvalue weighted by Gasteiger charge is 2.30. The van der Waals surface area contributed by atoms with Crippen molar-refractivity contribution < 1.29 is 15.0 Å². The SMILES string of the molecule is CCC(C)(CCO)NC(C(=O)O)C(C)C. The van der Waals surface area contributed by atoms with E-state index in [2.05, 4.69) is 5.32 Å². The molecule has 0 aromatic rings. The predicted octanol–water partition coefficient (Wildman–Crippen LogP) is 1.24. The molecule has 0 saturated carbocycles. The summed E-state index contributed by atoms with van der Waals surface area (Å²) in [7, 11) is 0. The van der Waals surface area contributed by atoms with Crippen molar-refractivity contribution in [2.75, 3.05) is 6.61 Å². The third kappa shape index (κ3) is 4.62. The summed E-state index contributed by atoms with van der Waals surface area (Å²) in [6.45, 7) is 7.76. The fraction of sp³-hybridized carbons (Fsp3) is 0.909. The topological polar surface area (TPSA) is 69.6 Å². The average Bonchev–Trinajstić information content (AvgIpc) is 2.14. The lowest BCUT2D eigenvalue weighted by atomic mass is 9.91. The van der Waals surface area contributed by atoms with Gasteiger partial charge in [0.1, 0.15) is 6.04 Å². The first-order valence-corrected chi connectivity index (χ1v) is 5.47. The lowest BCUT2D eigenvalue weighted by Gasteiger charge is -2.34. The van der Waals surface area contributed by atoms with Gasteiger partial charge in [-0.15, -0.1) is 0 Å². The number of carboxylic acid groups (broad SMARTS) is 1. The maximum Gasteiger partial charge on any atom is 0.320 e. The van der Waals surface area contributed by atoms with Gasteiger partial charge in [-0.2, -0.15) is 0 Å². The zero-order valence-electron chi connectivity index (χ0n) is 10.1. The molecule has 4 heteroatoms. The molecule has 0 amide bonds. The van der Waals surface area contributed by atoms with Gasteiger partial charge in [-0.1, -0.05) is 20.8 Å². The summed E-state index contributed by atoms with van der Waals surface area (Å²) in [6, 6.07) is -0.554. The summed E-state index contributed by atoms with van der Waals surface area (Å²) in [4.78, 5) is 11.0. The molecule has 3 N–H and O–H groups in total. The molecule has 0 saturated heterocycles. The van der Waals surface area contributed by atoms with Crippen molar-refractivity contribution in [2.24, 2.45) is 5.92 Å². The van der Waals surface area contributed by atoms with E-state index in [1.165, 1.54) is 0 Å². The lowest BCUT2D eigenvalue weighted by molar-refractivity contribution is -0.141. The molecule has 0 aliphatic rings. The molecule has 90 valence electrons. The van der Waals surface area contributed by atoms with E-state index < -0.39 is 12.0 Å². The summed E-state index contributed by atoms with van der Waals surface area (Å²) >= 11 is 0. The molecule has 2 atom stereocenters. The fourth-order valence-electron chi connectivity index (χ4n) is 1.49. The van der Waals surface area contributed by atoms with Crippen molar-refractivity contribution in [3.8, 4) is 0 Å². The van der Waals surface area contributed by atoms with Crippen LogP contribution in [0.2, 0.25) is 0 Å². The largest absolute Gasteiger partial charge is 0.480 e. The van der Waals surface area contributed by atoms with E-state index in [9.17, 15) is 4.79 Å². The minimum Gasteiger partial charge on any atom is -0.480 e. The highest BCUT2D eigenvalue weighted by atomic mass is 16.4. The Kier molecular flexibility index (Phi) is 5.83. The van der Waals surface area contributed by atoms with Gasteiger partial charge < -0.3 is 10.2 Å². The first-order valence-electron chi connectivity index (χ1n) is 5.47. The van der Waals surface area contributed by atoms with Crippen molar-refractivity contribution in [2.45, 2.75) is 52.1 Å². The molecule has 0 rings (SSSR count). The zero-order chi connectivity index (χ0) is 12.1. The van der Waals surface area contributed by atoms with Crippen molar-refractivity contribution in [1.29, 1.82) is 0 Å². The lowest BCUT2D eigenvalue weighted by Crippen LogP contribution is -2.53. The highest BCUT2D eigenvalue weighted by molar-refractivity contribution is 5.73. The number of hydrogen-bond donors (Lipinski definition) is 3. The van der Waals surface area contributed by atoms with Gasteiger partial charge in [-0.3, -0.25) is 10.1 Å². The number of aliphatic hydroxyl groups excluding tert-OH is 1. The molecule has 0 aromatic heterocycles. The van der Waals surface area contributed by atoms with E-state index >= 15 is 0 Å². The Bertz CT molecular complexity index is 206. The molecule has 0 aliphatic carbocycles. The van der Waals surface area contributed by atoms with E-state index in [1.807, 2.05) is 27.7 Å². The van der Waals surface area contributed by atoms with Crippen molar-refractivity contribution in [3.63, 3.8) is 0 Å². The van der Waals surface area contributed by atoms with E-state index in [0.29, 0.717) is 6.42 Å². The van der Waals surface area contributed by atoms with Crippen LogP contribution in [0.15, 0.2) is 0 Å². The quantitative estimate of drug-likeness (QED) is 0.600. The molecule has 0 aromatic carbocycles. The Morgan fingerprint density at radius 1 is 1.47 bits per heavy atom. The molecular formula is C11H23NO3. The smallest absolute Gasteiger partial charge is 0.320 e. The minimum absolute atomic E-state index is 0.0343. The average molecular weight is 217 g/mol. The molecule has 0 spiro atoms. The summed E-state index contributed by atoms with van der Waals surface area (Å²) in [5.41, 5.74) is -0.303. The Hall–Kier alpha value is -0.610. The monoisotopic (exact) mass is 217 g/mol. The molecular weight excluding hydrogens is 194 g/mol. The molecule has 15 heavy (non-hydrogen) atoms. The van der Waals surface area contributed by atoms with Gasteiger partial charge in [-0.05, 0) is 25.7 Å². The second-order valence-electron chi connectivity index (χ2n) is 4.59. The van der Waals surface area contributed by atoms with Crippen LogP contribution in [-0.4, -0.2) is 34.4 Å². The number of carboxylic acids is 1. The Labute approximate surface area is 91.7 Å². The third-order valence-electron chi connectivity index (χ3n) is 2.88. The van der Waals surface area contributed by atoms with Gasteiger partial charge in [0.25, 0.3) is 0 Å². The van der Waals surface area contributed by atoms with Crippen LogP contribution in [0.5, 0.6) is 0 Å². The number of rotatable bonds is 7. The highest BCUT2D eigenvalue weighted by Crippen LogP contribution is 2.17. The van der Waals surface area contributed by atoms with Gasteiger partial charge in [0.15, 0.2) is 0 Å². The fourth-order valence-corrected chi connectivity index (χ4v) is 1.49. The van der Waals surface area contributed by atoms with Gasteiger partial charge in [0.05, 0.1) is 0 Å². The van der Waals surface area contributed by atoms with Crippen LogP contribution in [-0.2, 0) is 4.79 Å². The Morgan fingerprint density at radius 2 is 2.00 bits per heavy atom. The molecule has 0 radical (unpaired) electrons. The van der Waals surface area contributed by atoms with Crippen molar-refractivity contribution in [1.82, 2.24) is 5.32 Å². The molecule has 0 aliphatic heterocycles. The Morgan fingerprint density at radius 3 is 2.27 bits per heavy atom. The first-order chi connectivity index (χ1) is 6.86. The molecule has 0 bridgehead atoms. The van der Waals surface area contributed by atoms with Gasteiger partial charge in [0, 0.05) is 12.1 Å². The molecule has 2 unspecified atom stereocenters. The molecule has 0 heterocycles. The van der Waals surface area contributed by atoms with E-state index in [1.54, 1.807) is 0 Å². The normalized spacial score (nSPS) is 17.5. The summed E-state index contributed by atoms with van der Waals surface area (Å²) < 4.78 is 0. The summed E-state index contributed by atoms with van der Waals surface area (Å²) in [5.74, 6) is -0.797. The van der Waals surface area contributed by atoms with Crippen LogP contribution in [0.3, 0.4) is 0 Å². The van der Waals surface area contributed by atoms with E-state index in [0.717, 1.165) is 6.42 Å². The van der Waals surface area contributed by atoms with Crippen LogP contribution < -0.4 is 5.32 Å². The maximum absolute atomic E-state index is 11.0. The number of hydrogen-bond acceptors (Lipinski definition) is 3. The Balaban J connectivity index is 4.54. The summed E-state index contributed by atoms with van der Waals surface area (Å²) in [6.07, 6.45) is 1.37. The second kappa shape index (κ2) is 6.08. The number of carbonyl (C=O) groups is 1. The van der Waals surface area contributed by atoms with Crippen LogP contribution in [0.25, 0.3) is 0 Å². The third-order valence-corrected chi connectivity index (χ3v) is 2.88. The summed E-state index contributed by atoms with van der Waals surface area (Å²) in [5, 5.41) is 21.1.